The number of rotatable bonds is 6. The van der Waals surface area contributed by atoms with Gasteiger partial charge in [0, 0.05) is 19.5 Å². The van der Waals surface area contributed by atoms with Gasteiger partial charge in [-0.25, -0.2) is 0 Å². The predicted octanol–water partition coefficient (Wildman–Crippen LogP) is 3.24. The normalized spacial score (nSPS) is 19.8. The number of esters is 1. The third-order valence-electron chi connectivity index (χ3n) is 3.91. The maximum Gasteiger partial charge on any atom is 0.305 e. The summed E-state index contributed by atoms with van der Waals surface area (Å²) in [6.45, 7) is 5.65. The zero-order chi connectivity index (χ0) is 14.2. The van der Waals surface area contributed by atoms with Gasteiger partial charge in [-0.3, -0.25) is 9.69 Å². The molecule has 1 saturated heterocycles. The van der Waals surface area contributed by atoms with Crippen molar-refractivity contribution in [2.24, 2.45) is 5.92 Å². The molecule has 0 radical (unpaired) electrons. The minimum Gasteiger partial charge on any atom is -0.466 e. The molecule has 0 aromatic heterocycles. The van der Waals surface area contributed by atoms with E-state index in [1.54, 1.807) is 0 Å². The average Bonchev–Trinajstić information content (AvgIpc) is 2.47. The summed E-state index contributed by atoms with van der Waals surface area (Å²) in [5, 5.41) is 0. The number of carbonyl (C=O) groups excluding carboxylic acids is 1. The van der Waals surface area contributed by atoms with Crippen LogP contribution in [0.1, 0.15) is 38.2 Å². The van der Waals surface area contributed by atoms with Crippen molar-refractivity contribution >= 4 is 5.97 Å². The number of piperidine rings is 1. The van der Waals surface area contributed by atoms with Crippen LogP contribution in [0.3, 0.4) is 0 Å². The minimum absolute atomic E-state index is 0.0484. The molecule has 0 saturated carbocycles. The summed E-state index contributed by atoms with van der Waals surface area (Å²) in [6.07, 6.45) is 4.01. The Labute approximate surface area is 121 Å². The van der Waals surface area contributed by atoms with Crippen molar-refractivity contribution in [2.45, 2.75) is 39.2 Å². The first-order valence-electron chi connectivity index (χ1n) is 7.70. The van der Waals surface area contributed by atoms with E-state index in [0.29, 0.717) is 18.9 Å². The number of nitrogens with zero attached hydrogens (tertiary/aromatic N) is 1. The lowest BCUT2D eigenvalue weighted by Gasteiger charge is -2.32. The molecule has 0 spiro atoms. The molecule has 1 fully saturated rings. The molecule has 1 aliphatic rings. The van der Waals surface area contributed by atoms with Gasteiger partial charge in [-0.1, -0.05) is 30.3 Å². The molecule has 0 aliphatic carbocycles. The Balaban J connectivity index is 1.75. The van der Waals surface area contributed by atoms with Gasteiger partial charge >= 0.3 is 5.97 Å². The second kappa shape index (κ2) is 8.05. The van der Waals surface area contributed by atoms with Crippen molar-refractivity contribution in [3.63, 3.8) is 0 Å². The Bertz CT molecular complexity index is 405. The van der Waals surface area contributed by atoms with Crippen molar-refractivity contribution in [3.8, 4) is 0 Å². The van der Waals surface area contributed by atoms with Gasteiger partial charge in [0.15, 0.2) is 0 Å². The van der Waals surface area contributed by atoms with E-state index in [4.69, 9.17) is 4.74 Å². The summed E-state index contributed by atoms with van der Waals surface area (Å²) >= 11 is 0. The molecular formula is C17H25NO2. The minimum atomic E-state index is -0.0484. The van der Waals surface area contributed by atoms with Gasteiger partial charge in [-0.15, -0.1) is 0 Å². The summed E-state index contributed by atoms with van der Waals surface area (Å²) in [5.74, 6) is 0.588. The quantitative estimate of drug-likeness (QED) is 0.746. The molecule has 0 amide bonds. The van der Waals surface area contributed by atoms with Crippen LogP contribution in [-0.2, 0) is 16.1 Å². The molecule has 1 heterocycles. The van der Waals surface area contributed by atoms with Crippen molar-refractivity contribution in [1.29, 1.82) is 0 Å². The summed E-state index contributed by atoms with van der Waals surface area (Å²) in [7, 11) is 0. The second-order valence-corrected chi connectivity index (χ2v) is 5.57. The van der Waals surface area contributed by atoms with Crippen molar-refractivity contribution < 1.29 is 9.53 Å². The van der Waals surface area contributed by atoms with Gasteiger partial charge in [0.25, 0.3) is 0 Å². The molecular weight excluding hydrogens is 250 g/mol. The van der Waals surface area contributed by atoms with Crippen LogP contribution in [0.25, 0.3) is 0 Å². The maximum absolute atomic E-state index is 11.4. The number of hydrogen-bond acceptors (Lipinski definition) is 3. The molecule has 0 N–H and O–H groups in total. The smallest absolute Gasteiger partial charge is 0.305 e. The lowest BCUT2D eigenvalue weighted by atomic mass is 9.93. The second-order valence-electron chi connectivity index (χ2n) is 5.57. The van der Waals surface area contributed by atoms with E-state index < -0.39 is 0 Å². The van der Waals surface area contributed by atoms with Crippen LogP contribution in [0, 0.1) is 5.92 Å². The van der Waals surface area contributed by atoms with Crippen LogP contribution < -0.4 is 0 Å². The first kappa shape index (κ1) is 15.0. The van der Waals surface area contributed by atoms with Crippen LogP contribution in [0.2, 0.25) is 0 Å². The highest BCUT2D eigenvalue weighted by Crippen LogP contribution is 2.22. The molecule has 20 heavy (non-hydrogen) atoms. The molecule has 1 aliphatic heterocycles. The number of carbonyl (C=O) groups is 1. The average molecular weight is 275 g/mol. The first-order valence-corrected chi connectivity index (χ1v) is 7.70. The molecule has 0 bridgehead atoms. The van der Waals surface area contributed by atoms with E-state index in [0.717, 1.165) is 19.5 Å². The molecule has 1 aromatic rings. The van der Waals surface area contributed by atoms with Crippen LogP contribution in [0.4, 0.5) is 0 Å². The Kier molecular flexibility index (Phi) is 6.06. The Hall–Kier alpha value is -1.35. The summed E-state index contributed by atoms with van der Waals surface area (Å²) in [6, 6.07) is 10.6. The zero-order valence-corrected chi connectivity index (χ0v) is 12.4. The monoisotopic (exact) mass is 275 g/mol. The van der Waals surface area contributed by atoms with Crippen LogP contribution in [-0.4, -0.2) is 30.6 Å². The fraction of sp³-hybridized carbons (Fsp3) is 0.588. The van der Waals surface area contributed by atoms with E-state index in [-0.39, 0.29) is 5.97 Å². The van der Waals surface area contributed by atoms with Gasteiger partial charge in [0.1, 0.15) is 0 Å². The zero-order valence-electron chi connectivity index (χ0n) is 12.4. The summed E-state index contributed by atoms with van der Waals surface area (Å²) in [4.78, 5) is 13.9. The lowest BCUT2D eigenvalue weighted by molar-refractivity contribution is -0.143. The topological polar surface area (TPSA) is 29.5 Å². The first-order chi connectivity index (χ1) is 9.78. The van der Waals surface area contributed by atoms with E-state index >= 15 is 0 Å². The molecule has 3 heteroatoms. The van der Waals surface area contributed by atoms with Gasteiger partial charge in [-0.2, -0.15) is 0 Å². The largest absolute Gasteiger partial charge is 0.466 e. The fourth-order valence-corrected chi connectivity index (χ4v) is 2.93. The van der Waals surface area contributed by atoms with E-state index in [2.05, 4.69) is 35.2 Å². The number of ether oxygens (including phenoxy) is 1. The highest BCUT2D eigenvalue weighted by Gasteiger charge is 2.20. The lowest BCUT2D eigenvalue weighted by Crippen LogP contribution is -2.35. The van der Waals surface area contributed by atoms with Gasteiger partial charge in [0.2, 0.25) is 0 Å². The number of hydrogen-bond donors (Lipinski definition) is 0. The van der Waals surface area contributed by atoms with Gasteiger partial charge < -0.3 is 4.74 Å². The highest BCUT2D eigenvalue weighted by molar-refractivity contribution is 5.69. The van der Waals surface area contributed by atoms with E-state index in [1.165, 1.54) is 24.9 Å². The SMILES string of the molecule is CCOC(=O)CCC1CCCN(Cc2ccccc2)C1. The van der Waals surface area contributed by atoms with Crippen molar-refractivity contribution in [2.75, 3.05) is 19.7 Å². The van der Waals surface area contributed by atoms with E-state index in [1.807, 2.05) is 6.92 Å². The molecule has 1 unspecified atom stereocenters. The Morgan fingerprint density at radius 2 is 2.15 bits per heavy atom. The molecule has 110 valence electrons. The fourth-order valence-electron chi connectivity index (χ4n) is 2.93. The van der Waals surface area contributed by atoms with Gasteiger partial charge in [-0.05, 0) is 44.2 Å². The standard InChI is InChI=1S/C17H25NO2/c1-2-20-17(19)11-10-16-9-6-12-18(14-16)13-15-7-4-3-5-8-15/h3-5,7-8,16H,2,6,9-14H2,1H3. The Morgan fingerprint density at radius 3 is 2.90 bits per heavy atom. The molecule has 1 atom stereocenters. The molecule has 3 nitrogen and oxygen atoms in total. The third kappa shape index (κ3) is 4.97. The van der Waals surface area contributed by atoms with Crippen molar-refractivity contribution in [1.82, 2.24) is 4.90 Å². The maximum atomic E-state index is 11.4. The van der Waals surface area contributed by atoms with Gasteiger partial charge in [0.05, 0.1) is 6.61 Å². The van der Waals surface area contributed by atoms with Crippen LogP contribution in [0.15, 0.2) is 30.3 Å². The van der Waals surface area contributed by atoms with Crippen LogP contribution >= 0.6 is 0 Å². The predicted molar refractivity (Wildman–Crippen MR) is 80.3 cm³/mol. The molecule has 2 rings (SSSR count). The number of benzene rings is 1. The number of likely N-dealkylation sites (tertiary alicyclic amines) is 1. The molecule has 1 aromatic carbocycles. The summed E-state index contributed by atoms with van der Waals surface area (Å²) < 4.78 is 5.00. The van der Waals surface area contributed by atoms with Crippen molar-refractivity contribution in [3.05, 3.63) is 35.9 Å². The highest BCUT2D eigenvalue weighted by atomic mass is 16.5. The van der Waals surface area contributed by atoms with Crippen LogP contribution in [0.5, 0.6) is 0 Å². The van der Waals surface area contributed by atoms with E-state index in [9.17, 15) is 4.79 Å². The third-order valence-corrected chi connectivity index (χ3v) is 3.91. The summed E-state index contributed by atoms with van der Waals surface area (Å²) in [5.41, 5.74) is 1.37. The Morgan fingerprint density at radius 1 is 1.35 bits per heavy atom.